The van der Waals surface area contributed by atoms with Crippen LogP contribution in [0.4, 0.5) is 11.4 Å². The Hall–Kier alpha value is -4.56. The van der Waals surface area contributed by atoms with E-state index in [1.807, 2.05) is 54.7 Å². The van der Waals surface area contributed by atoms with Crippen molar-refractivity contribution < 1.29 is 19.2 Å². The number of rotatable bonds is 4. The van der Waals surface area contributed by atoms with Crippen molar-refractivity contribution in [3.05, 3.63) is 95.7 Å². The van der Waals surface area contributed by atoms with Gasteiger partial charge in [-0.3, -0.25) is 24.5 Å². The Morgan fingerprint density at radius 3 is 2.45 bits per heavy atom. The summed E-state index contributed by atoms with van der Waals surface area (Å²) in [5, 5.41) is 7.47. The molecule has 0 bridgehead atoms. The van der Waals surface area contributed by atoms with E-state index in [1.54, 1.807) is 24.3 Å². The lowest BCUT2D eigenvalue weighted by Gasteiger charge is -2.29. The molecule has 4 atom stereocenters. The lowest BCUT2D eigenvalue weighted by atomic mass is 9.76. The molecule has 3 aliphatic heterocycles. The molecule has 7 rings (SSSR count). The van der Waals surface area contributed by atoms with E-state index in [1.165, 1.54) is 11.8 Å². The van der Waals surface area contributed by atoms with Gasteiger partial charge in [0, 0.05) is 40.0 Å². The second kappa shape index (κ2) is 7.97. The number of aromatic amines is 1. The summed E-state index contributed by atoms with van der Waals surface area (Å²) in [5.41, 5.74) is 2.83. The standard InChI is InChI=1S/C30H24N4O4/c1-16(35)17-10-12-19(13-11-17)34-27(36)25-24(14-18-15-31-22-8-4-2-6-20(18)22)33-30(26(25)28(34)37)21-7-3-5-9-23(21)32-29(30)38/h2-13,15,24-26,31,33H,14H2,1H3,(H,32,38)/t24-,25-,26+,30-/m1/s1. The van der Waals surface area contributed by atoms with Gasteiger partial charge in [-0.1, -0.05) is 36.4 Å². The molecule has 2 saturated heterocycles. The second-order valence-corrected chi connectivity index (χ2v) is 10.2. The Bertz CT molecular complexity index is 1670. The molecule has 4 aromatic rings. The van der Waals surface area contributed by atoms with Crippen molar-refractivity contribution in [1.29, 1.82) is 0 Å². The second-order valence-electron chi connectivity index (χ2n) is 10.2. The molecule has 3 aliphatic rings. The van der Waals surface area contributed by atoms with Gasteiger partial charge in [0.15, 0.2) is 5.78 Å². The van der Waals surface area contributed by atoms with Crippen LogP contribution in [0.1, 0.15) is 28.4 Å². The van der Waals surface area contributed by atoms with E-state index in [0.29, 0.717) is 28.9 Å². The Kier molecular flexibility index (Phi) is 4.74. The van der Waals surface area contributed by atoms with Crippen LogP contribution in [0.15, 0.2) is 79.0 Å². The minimum atomic E-state index is -1.36. The van der Waals surface area contributed by atoms with E-state index in [-0.39, 0.29) is 17.6 Å². The van der Waals surface area contributed by atoms with Gasteiger partial charge in [-0.2, -0.15) is 0 Å². The topological polar surface area (TPSA) is 111 Å². The van der Waals surface area contributed by atoms with Crippen LogP contribution in [0.25, 0.3) is 10.9 Å². The quantitative estimate of drug-likeness (QED) is 0.291. The molecule has 1 aromatic heterocycles. The van der Waals surface area contributed by atoms with Crippen LogP contribution >= 0.6 is 0 Å². The van der Waals surface area contributed by atoms with Crippen molar-refractivity contribution >= 4 is 45.8 Å². The zero-order valence-electron chi connectivity index (χ0n) is 20.5. The number of hydrogen-bond donors (Lipinski definition) is 3. The Morgan fingerprint density at radius 2 is 1.66 bits per heavy atom. The highest BCUT2D eigenvalue weighted by Gasteiger charge is 2.70. The number of ketones is 1. The number of para-hydroxylation sites is 2. The number of fused-ring (bicyclic) bond motifs is 5. The fourth-order valence-corrected chi connectivity index (χ4v) is 6.57. The number of carbonyl (C=O) groups is 4. The molecule has 8 heteroatoms. The fraction of sp³-hybridized carbons (Fsp3) is 0.200. The van der Waals surface area contributed by atoms with E-state index in [9.17, 15) is 19.2 Å². The van der Waals surface area contributed by atoms with Gasteiger partial charge in [0.1, 0.15) is 5.54 Å². The predicted molar refractivity (Wildman–Crippen MR) is 142 cm³/mol. The van der Waals surface area contributed by atoms with Crippen molar-refractivity contribution in [3.8, 4) is 0 Å². The number of H-pyrrole nitrogens is 1. The molecule has 188 valence electrons. The van der Waals surface area contributed by atoms with Crippen LogP contribution in [0, 0.1) is 11.8 Å². The summed E-state index contributed by atoms with van der Waals surface area (Å²) in [6.45, 7) is 1.46. The van der Waals surface area contributed by atoms with Gasteiger partial charge in [-0.15, -0.1) is 0 Å². The van der Waals surface area contributed by atoms with E-state index < -0.39 is 29.3 Å². The molecular formula is C30H24N4O4. The number of Topliss-reactive ketones (excluding diaryl/α,β-unsaturated/α-hetero) is 1. The van der Waals surface area contributed by atoms with E-state index >= 15 is 0 Å². The van der Waals surface area contributed by atoms with Gasteiger partial charge in [-0.25, -0.2) is 4.90 Å². The summed E-state index contributed by atoms with van der Waals surface area (Å²) in [7, 11) is 0. The summed E-state index contributed by atoms with van der Waals surface area (Å²) in [6.07, 6.45) is 2.38. The van der Waals surface area contributed by atoms with Crippen molar-refractivity contribution in [2.45, 2.75) is 24.9 Å². The zero-order valence-corrected chi connectivity index (χ0v) is 20.5. The number of nitrogens with one attached hydrogen (secondary N) is 3. The molecule has 0 saturated carbocycles. The molecule has 4 heterocycles. The maximum Gasteiger partial charge on any atom is 0.250 e. The molecule has 0 radical (unpaired) electrons. The van der Waals surface area contributed by atoms with Crippen molar-refractivity contribution in [2.24, 2.45) is 11.8 Å². The van der Waals surface area contributed by atoms with Crippen LogP contribution in [0.2, 0.25) is 0 Å². The number of imide groups is 1. The van der Waals surface area contributed by atoms with Crippen LogP contribution in [-0.4, -0.2) is 34.5 Å². The average molecular weight is 505 g/mol. The first-order valence-corrected chi connectivity index (χ1v) is 12.6. The first-order valence-electron chi connectivity index (χ1n) is 12.6. The smallest absolute Gasteiger partial charge is 0.250 e. The summed E-state index contributed by atoms with van der Waals surface area (Å²) in [6, 6.07) is 21.2. The zero-order chi connectivity index (χ0) is 26.2. The lowest BCUT2D eigenvalue weighted by Crippen LogP contribution is -2.53. The Morgan fingerprint density at radius 1 is 0.921 bits per heavy atom. The highest BCUT2D eigenvalue weighted by molar-refractivity contribution is 6.26. The summed E-state index contributed by atoms with van der Waals surface area (Å²) in [4.78, 5) is 58.1. The Labute approximate surface area is 218 Å². The van der Waals surface area contributed by atoms with E-state index in [2.05, 4.69) is 15.6 Å². The number of anilines is 2. The first-order chi connectivity index (χ1) is 18.4. The summed E-state index contributed by atoms with van der Waals surface area (Å²) >= 11 is 0. The minimum absolute atomic E-state index is 0.103. The monoisotopic (exact) mass is 504 g/mol. The molecule has 0 aliphatic carbocycles. The molecule has 3 aromatic carbocycles. The number of hydrogen-bond acceptors (Lipinski definition) is 5. The highest BCUT2D eigenvalue weighted by Crippen LogP contribution is 2.54. The van der Waals surface area contributed by atoms with Crippen molar-refractivity contribution in [1.82, 2.24) is 10.3 Å². The largest absolute Gasteiger partial charge is 0.361 e. The molecule has 3 amide bonds. The SMILES string of the molecule is CC(=O)c1ccc(N2C(=O)[C@H]3[C@@H](C2=O)[C@@]2(N[C@@H]3Cc3c[nH]c4ccccc34)C(=O)Nc3ccccc32)cc1. The first kappa shape index (κ1) is 22.6. The lowest BCUT2D eigenvalue weighted by molar-refractivity contribution is -0.130. The van der Waals surface area contributed by atoms with Gasteiger partial charge in [-0.05, 0) is 55.3 Å². The molecule has 1 spiro atoms. The number of carbonyl (C=O) groups excluding carboxylic acids is 4. The highest BCUT2D eigenvalue weighted by atomic mass is 16.2. The third kappa shape index (κ3) is 2.95. The molecule has 8 nitrogen and oxygen atoms in total. The van der Waals surface area contributed by atoms with Gasteiger partial charge in [0.25, 0.3) is 0 Å². The molecular weight excluding hydrogens is 480 g/mol. The van der Waals surface area contributed by atoms with Gasteiger partial charge >= 0.3 is 0 Å². The summed E-state index contributed by atoms with van der Waals surface area (Å²) < 4.78 is 0. The minimum Gasteiger partial charge on any atom is -0.361 e. The third-order valence-corrected chi connectivity index (χ3v) is 8.27. The van der Waals surface area contributed by atoms with E-state index in [4.69, 9.17) is 0 Å². The number of nitrogens with zero attached hydrogens (tertiary/aromatic N) is 1. The maximum absolute atomic E-state index is 14.1. The third-order valence-electron chi connectivity index (χ3n) is 8.27. The number of aromatic nitrogens is 1. The fourth-order valence-electron chi connectivity index (χ4n) is 6.57. The maximum atomic E-state index is 14.1. The van der Waals surface area contributed by atoms with Crippen LogP contribution < -0.4 is 15.5 Å². The van der Waals surface area contributed by atoms with Crippen LogP contribution in [-0.2, 0) is 26.3 Å². The molecule has 38 heavy (non-hydrogen) atoms. The van der Waals surface area contributed by atoms with Crippen molar-refractivity contribution in [2.75, 3.05) is 10.2 Å². The van der Waals surface area contributed by atoms with Gasteiger partial charge in [0.2, 0.25) is 17.7 Å². The van der Waals surface area contributed by atoms with Crippen molar-refractivity contribution in [3.63, 3.8) is 0 Å². The van der Waals surface area contributed by atoms with Crippen LogP contribution in [0.3, 0.4) is 0 Å². The average Bonchev–Trinajstić information content (AvgIpc) is 3.63. The number of amides is 3. The predicted octanol–water partition coefficient (Wildman–Crippen LogP) is 3.54. The Balaban J connectivity index is 1.35. The molecule has 3 N–H and O–H groups in total. The van der Waals surface area contributed by atoms with Gasteiger partial charge in [0.05, 0.1) is 17.5 Å². The van der Waals surface area contributed by atoms with Gasteiger partial charge < -0.3 is 10.3 Å². The summed E-state index contributed by atoms with van der Waals surface area (Å²) in [5.74, 6) is -2.86. The van der Waals surface area contributed by atoms with E-state index in [0.717, 1.165) is 16.5 Å². The normalized spacial score (nSPS) is 25.8. The van der Waals surface area contributed by atoms with Crippen LogP contribution in [0.5, 0.6) is 0 Å². The molecule has 2 fully saturated rings. The number of benzene rings is 3. The molecule has 0 unspecified atom stereocenters.